The summed E-state index contributed by atoms with van der Waals surface area (Å²) in [5.41, 5.74) is 3.80. The molecule has 128 valence electrons. The first kappa shape index (κ1) is 17.0. The van der Waals surface area contributed by atoms with Gasteiger partial charge in [0.05, 0.1) is 5.52 Å². The summed E-state index contributed by atoms with van der Waals surface area (Å²) < 4.78 is 13.4. The Morgan fingerprint density at radius 1 is 1.32 bits per heavy atom. The fourth-order valence-electron chi connectivity index (χ4n) is 2.67. The van der Waals surface area contributed by atoms with E-state index in [-0.39, 0.29) is 16.7 Å². The molecular weight excluding hydrogens is 339 g/mol. The van der Waals surface area contributed by atoms with E-state index in [1.807, 2.05) is 25.1 Å². The van der Waals surface area contributed by atoms with Crippen molar-refractivity contribution in [3.8, 4) is 5.88 Å². The Kier molecular flexibility index (Phi) is 4.76. The van der Waals surface area contributed by atoms with Gasteiger partial charge in [0.2, 0.25) is 11.0 Å². The molecule has 0 bridgehead atoms. The van der Waals surface area contributed by atoms with E-state index in [1.165, 1.54) is 18.2 Å². The number of azo groups is 1. The SMILES string of the molecule is CCc1cccc(C)c1NC(=S)N=Nc1c(O)[nH]c2ccc(F)cc12. The number of fused-ring (bicyclic) bond motifs is 1. The Labute approximate surface area is 149 Å². The van der Waals surface area contributed by atoms with Gasteiger partial charge in [-0.1, -0.05) is 25.1 Å². The summed E-state index contributed by atoms with van der Waals surface area (Å²) in [5.74, 6) is -0.603. The Morgan fingerprint density at radius 2 is 2.12 bits per heavy atom. The summed E-state index contributed by atoms with van der Waals surface area (Å²) in [7, 11) is 0. The van der Waals surface area contributed by atoms with Gasteiger partial charge in [-0.25, -0.2) is 4.39 Å². The second-order valence-electron chi connectivity index (χ2n) is 5.60. The smallest absolute Gasteiger partial charge is 0.218 e. The Bertz CT molecular complexity index is 981. The average molecular weight is 356 g/mol. The van der Waals surface area contributed by atoms with E-state index in [0.29, 0.717) is 10.9 Å². The molecule has 0 amide bonds. The highest BCUT2D eigenvalue weighted by molar-refractivity contribution is 7.80. The van der Waals surface area contributed by atoms with Crippen LogP contribution >= 0.6 is 12.2 Å². The number of aryl methyl sites for hydroxylation is 2. The summed E-state index contributed by atoms with van der Waals surface area (Å²) in [5, 5.41) is 21.6. The lowest BCUT2D eigenvalue weighted by molar-refractivity contribution is 0.459. The van der Waals surface area contributed by atoms with Crippen LogP contribution in [0.15, 0.2) is 46.6 Å². The number of nitrogens with one attached hydrogen (secondary N) is 2. The van der Waals surface area contributed by atoms with Gasteiger partial charge in [-0.2, -0.15) is 0 Å². The molecule has 0 radical (unpaired) electrons. The Hall–Kier alpha value is -2.80. The van der Waals surface area contributed by atoms with Gasteiger partial charge in [-0.05, 0) is 54.9 Å². The molecule has 0 saturated heterocycles. The third kappa shape index (κ3) is 3.51. The van der Waals surface area contributed by atoms with Crippen LogP contribution in [0.1, 0.15) is 18.1 Å². The number of hydrogen-bond acceptors (Lipinski definition) is 3. The van der Waals surface area contributed by atoms with E-state index in [9.17, 15) is 9.50 Å². The highest BCUT2D eigenvalue weighted by Crippen LogP contribution is 2.35. The summed E-state index contributed by atoms with van der Waals surface area (Å²) >= 11 is 5.23. The maximum atomic E-state index is 13.4. The molecule has 0 spiro atoms. The second-order valence-corrected chi connectivity index (χ2v) is 5.99. The first-order valence-corrected chi connectivity index (χ1v) is 8.21. The minimum atomic E-state index is -0.420. The largest absolute Gasteiger partial charge is 0.493 e. The van der Waals surface area contributed by atoms with Crippen molar-refractivity contribution >= 4 is 39.6 Å². The Morgan fingerprint density at radius 3 is 2.88 bits per heavy atom. The van der Waals surface area contributed by atoms with Gasteiger partial charge in [0.1, 0.15) is 5.82 Å². The molecule has 0 saturated carbocycles. The molecule has 0 aliphatic heterocycles. The van der Waals surface area contributed by atoms with Gasteiger partial charge in [0.15, 0.2) is 5.69 Å². The number of aromatic hydroxyl groups is 1. The molecule has 0 aliphatic rings. The number of aromatic nitrogens is 1. The molecule has 3 aromatic rings. The predicted octanol–water partition coefficient (Wildman–Crippen LogP) is 5.36. The summed E-state index contributed by atoms with van der Waals surface area (Å²) in [6.07, 6.45) is 0.853. The van der Waals surface area contributed by atoms with Crippen LogP contribution in [0.25, 0.3) is 10.9 Å². The van der Waals surface area contributed by atoms with Gasteiger partial charge in [-0.3, -0.25) is 0 Å². The standard InChI is InChI=1S/C18H17FN4OS/c1-3-11-6-4-5-10(2)15(11)21-18(25)23-22-16-13-9-12(19)7-8-14(13)20-17(16)24/h4-9,20,24H,3H2,1-2H3,(H,21,25). The van der Waals surface area contributed by atoms with Gasteiger partial charge in [0.25, 0.3) is 0 Å². The molecule has 3 rings (SSSR count). The monoisotopic (exact) mass is 356 g/mol. The van der Waals surface area contributed by atoms with Crippen LogP contribution in [0.4, 0.5) is 15.8 Å². The number of H-pyrrole nitrogens is 1. The zero-order valence-corrected chi connectivity index (χ0v) is 14.6. The van der Waals surface area contributed by atoms with E-state index in [4.69, 9.17) is 12.2 Å². The van der Waals surface area contributed by atoms with Crippen molar-refractivity contribution in [3.05, 3.63) is 53.3 Å². The van der Waals surface area contributed by atoms with E-state index in [2.05, 4.69) is 27.5 Å². The van der Waals surface area contributed by atoms with E-state index >= 15 is 0 Å². The number of hydrogen-bond donors (Lipinski definition) is 3. The number of benzene rings is 2. The first-order chi connectivity index (χ1) is 12.0. The summed E-state index contributed by atoms with van der Waals surface area (Å²) in [6, 6.07) is 10.1. The van der Waals surface area contributed by atoms with Gasteiger partial charge in [-0.15, -0.1) is 10.2 Å². The summed E-state index contributed by atoms with van der Waals surface area (Å²) in [6.45, 7) is 4.04. The van der Waals surface area contributed by atoms with Crippen LogP contribution in [0.3, 0.4) is 0 Å². The van der Waals surface area contributed by atoms with Crippen molar-refractivity contribution in [2.45, 2.75) is 20.3 Å². The topological polar surface area (TPSA) is 72.8 Å². The Balaban J connectivity index is 1.87. The minimum Gasteiger partial charge on any atom is -0.493 e. The van der Waals surface area contributed by atoms with Crippen LogP contribution in [-0.2, 0) is 6.42 Å². The van der Waals surface area contributed by atoms with Crippen LogP contribution in [0, 0.1) is 12.7 Å². The fraction of sp³-hybridized carbons (Fsp3) is 0.167. The van der Waals surface area contributed by atoms with Crippen molar-refractivity contribution < 1.29 is 9.50 Å². The molecule has 25 heavy (non-hydrogen) atoms. The van der Waals surface area contributed by atoms with Crippen LogP contribution in [-0.4, -0.2) is 15.2 Å². The highest BCUT2D eigenvalue weighted by atomic mass is 32.1. The number of anilines is 1. The zero-order valence-electron chi connectivity index (χ0n) is 13.8. The lowest BCUT2D eigenvalue weighted by atomic mass is 10.1. The maximum Gasteiger partial charge on any atom is 0.218 e. The second kappa shape index (κ2) is 6.98. The summed E-state index contributed by atoms with van der Waals surface area (Å²) in [4.78, 5) is 2.73. The van der Waals surface area contributed by atoms with Crippen molar-refractivity contribution in [3.63, 3.8) is 0 Å². The average Bonchev–Trinajstić information content (AvgIpc) is 2.89. The molecule has 1 heterocycles. The number of para-hydroxylation sites is 1. The van der Waals surface area contributed by atoms with Crippen molar-refractivity contribution in [2.24, 2.45) is 10.2 Å². The third-order valence-electron chi connectivity index (χ3n) is 3.93. The van der Waals surface area contributed by atoms with Crippen molar-refractivity contribution in [1.82, 2.24) is 4.98 Å². The fourth-order valence-corrected chi connectivity index (χ4v) is 2.81. The molecule has 3 N–H and O–H groups in total. The highest BCUT2D eigenvalue weighted by Gasteiger charge is 2.12. The van der Waals surface area contributed by atoms with Crippen LogP contribution in [0.2, 0.25) is 0 Å². The molecule has 1 aromatic heterocycles. The molecule has 0 aliphatic carbocycles. The molecule has 2 aromatic carbocycles. The number of nitrogens with zero attached hydrogens (tertiary/aromatic N) is 2. The molecule has 7 heteroatoms. The predicted molar refractivity (Wildman–Crippen MR) is 101 cm³/mol. The molecular formula is C18H17FN4OS. The van der Waals surface area contributed by atoms with E-state index in [0.717, 1.165) is 23.2 Å². The first-order valence-electron chi connectivity index (χ1n) is 7.81. The molecule has 0 atom stereocenters. The quantitative estimate of drug-likeness (QED) is 0.437. The van der Waals surface area contributed by atoms with E-state index in [1.54, 1.807) is 0 Å². The number of halogens is 1. The molecule has 0 fully saturated rings. The third-order valence-corrected chi connectivity index (χ3v) is 4.11. The molecule has 5 nitrogen and oxygen atoms in total. The lowest BCUT2D eigenvalue weighted by Gasteiger charge is -2.11. The zero-order chi connectivity index (χ0) is 18.0. The maximum absolute atomic E-state index is 13.4. The number of aromatic amines is 1. The van der Waals surface area contributed by atoms with Crippen LogP contribution in [0.5, 0.6) is 5.88 Å². The van der Waals surface area contributed by atoms with Crippen LogP contribution < -0.4 is 5.32 Å². The van der Waals surface area contributed by atoms with Gasteiger partial charge < -0.3 is 15.4 Å². The number of thiocarbonyl (C=S) groups is 1. The van der Waals surface area contributed by atoms with Crippen molar-refractivity contribution in [2.75, 3.05) is 5.32 Å². The van der Waals surface area contributed by atoms with Gasteiger partial charge in [0, 0.05) is 11.1 Å². The van der Waals surface area contributed by atoms with Gasteiger partial charge >= 0.3 is 0 Å². The lowest BCUT2D eigenvalue weighted by Crippen LogP contribution is -2.08. The molecule has 0 unspecified atom stereocenters. The normalized spacial score (nSPS) is 11.3. The minimum absolute atomic E-state index is 0.152. The van der Waals surface area contributed by atoms with E-state index < -0.39 is 5.82 Å². The number of rotatable bonds is 3. The van der Waals surface area contributed by atoms with Crippen molar-refractivity contribution in [1.29, 1.82) is 0 Å².